The molecule has 4 N–H and O–H groups in total. The fourth-order valence-electron chi connectivity index (χ4n) is 3.14. The molecule has 5 heteroatoms. The van der Waals surface area contributed by atoms with Gasteiger partial charge in [0.15, 0.2) is 0 Å². The second kappa shape index (κ2) is 7.70. The minimum Gasteiger partial charge on any atom is -0.352 e. The predicted octanol–water partition coefficient (Wildman–Crippen LogP) is 1.21. The van der Waals surface area contributed by atoms with Gasteiger partial charge in [0, 0.05) is 12.6 Å². The number of nitrogens with one attached hydrogen (secondary N) is 2. The Labute approximate surface area is 117 Å². The lowest BCUT2D eigenvalue weighted by Crippen LogP contribution is -2.49. The Bertz CT molecular complexity index is 280. The number of hydrogen-bond donors (Lipinski definition) is 3. The molecule has 0 bridgehead atoms. The number of rotatable bonds is 4. The summed E-state index contributed by atoms with van der Waals surface area (Å²) in [6, 6.07) is 0.836. The van der Waals surface area contributed by atoms with Crippen LogP contribution in [0, 0.1) is 0 Å². The lowest BCUT2D eigenvalue weighted by atomic mass is 9.96. The zero-order valence-electron chi connectivity index (χ0n) is 12.2. The van der Waals surface area contributed by atoms with Crippen LogP contribution in [0.1, 0.15) is 51.9 Å². The summed E-state index contributed by atoms with van der Waals surface area (Å²) in [6.45, 7) is 5.74. The van der Waals surface area contributed by atoms with Gasteiger partial charge in [-0.15, -0.1) is 0 Å². The minimum atomic E-state index is 0.386. The van der Waals surface area contributed by atoms with Gasteiger partial charge in [-0.05, 0) is 45.7 Å². The molecule has 1 aliphatic heterocycles. The Morgan fingerprint density at radius 2 is 1.89 bits per heavy atom. The molecule has 0 aromatic rings. The predicted molar refractivity (Wildman–Crippen MR) is 79.9 cm³/mol. The van der Waals surface area contributed by atoms with Crippen LogP contribution in [-0.2, 0) is 0 Å². The van der Waals surface area contributed by atoms with Crippen molar-refractivity contribution in [2.75, 3.05) is 19.6 Å². The summed E-state index contributed by atoms with van der Waals surface area (Å²) >= 11 is 0. The largest absolute Gasteiger partial charge is 0.352 e. The van der Waals surface area contributed by atoms with Crippen molar-refractivity contribution in [1.29, 1.82) is 0 Å². The van der Waals surface area contributed by atoms with Crippen molar-refractivity contribution in [1.82, 2.24) is 15.6 Å². The van der Waals surface area contributed by atoms with Gasteiger partial charge in [0.1, 0.15) is 0 Å². The van der Waals surface area contributed by atoms with Gasteiger partial charge in [0.25, 0.3) is 0 Å². The molecule has 110 valence electrons. The van der Waals surface area contributed by atoms with Gasteiger partial charge in [-0.3, -0.25) is 5.43 Å². The molecule has 1 saturated carbocycles. The normalized spacial score (nSPS) is 24.4. The maximum absolute atomic E-state index is 5.59. The van der Waals surface area contributed by atoms with Crippen LogP contribution < -0.4 is 16.6 Å². The van der Waals surface area contributed by atoms with Crippen molar-refractivity contribution in [2.45, 2.75) is 64.0 Å². The standard InChI is InChI=1S/C14H29N5/c1-12(11-19-9-5-6-10-19)16-14(18-15)17-13-7-3-2-4-8-13/h12-13H,2-11,15H2,1H3,(H2,16,17,18). The highest BCUT2D eigenvalue weighted by Crippen LogP contribution is 2.20. The number of likely N-dealkylation sites (tertiary alicyclic amines) is 1. The summed E-state index contributed by atoms with van der Waals surface area (Å²) in [5.41, 5.74) is 2.73. The molecule has 2 fully saturated rings. The minimum absolute atomic E-state index is 0.386. The average molecular weight is 267 g/mol. The summed E-state index contributed by atoms with van der Waals surface area (Å²) in [6.07, 6.45) is 9.04. The van der Waals surface area contributed by atoms with E-state index in [-0.39, 0.29) is 0 Å². The van der Waals surface area contributed by atoms with Crippen LogP contribution >= 0.6 is 0 Å². The molecule has 1 saturated heterocycles. The van der Waals surface area contributed by atoms with E-state index in [9.17, 15) is 0 Å². The fraction of sp³-hybridized carbons (Fsp3) is 0.929. The van der Waals surface area contributed by atoms with Gasteiger partial charge >= 0.3 is 0 Å². The second-order valence-electron chi connectivity index (χ2n) is 5.97. The van der Waals surface area contributed by atoms with E-state index in [1.54, 1.807) is 0 Å². The summed E-state index contributed by atoms with van der Waals surface area (Å²) in [5, 5.41) is 3.41. The first-order valence-electron chi connectivity index (χ1n) is 7.81. The molecule has 1 unspecified atom stereocenters. The first-order chi connectivity index (χ1) is 9.28. The molecule has 1 heterocycles. The molecule has 5 nitrogen and oxygen atoms in total. The molecule has 2 aliphatic rings. The van der Waals surface area contributed by atoms with Crippen LogP contribution in [0.2, 0.25) is 0 Å². The third kappa shape index (κ3) is 4.99. The highest BCUT2D eigenvalue weighted by molar-refractivity contribution is 5.79. The van der Waals surface area contributed by atoms with Gasteiger partial charge < -0.3 is 10.2 Å². The van der Waals surface area contributed by atoms with Crippen molar-refractivity contribution in [2.24, 2.45) is 10.8 Å². The summed E-state index contributed by atoms with van der Waals surface area (Å²) in [4.78, 5) is 7.23. The van der Waals surface area contributed by atoms with Gasteiger partial charge in [-0.2, -0.15) is 0 Å². The molecule has 2 rings (SSSR count). The third-order valence-electron chi connectivity index (χ3n) is 4.14. The molecule has 0 aromatic heterocycles. The monoisotopic (exact) mass is 267 g/mol. The van der Waals surface area contributed by atoms with Crippen LogP contribution in [-0.4, -0.2) is 42.6 Å². The van der Waals surface area contributed by atoms with Crippen LogP contribution in [0.5, 0.6) is 0 Å². The molecule has 1 atom stereocenters. The quantitative estimate of drug-likeness (QED) is 0.310. The van der Waals surface area contributed by atoms with E-state index in [0.717, 1.165) is 12.5 Å². The van der Waals surface area contributed by atoms with Crippen LogP contribution in [0.4, 0.5) is 0 Å². The van der Waals surface area contributed by atoms with Crippen molar-refractivity contribution < 1.29 is 0 Å². The van der Waals surface area contributed by atoms with Crippen LogP contribution in [0.15, 0.2) is 4.99 Å². The Kier molecular flexibility index (Phi) is 5.92. The molecule has 0 spiro atoms. The molecule has 19 heavy (non-hydrogen) atoms. The molecule has 0 amide bonds. The Morgan fingerprint density at radius 3 is 2.53 bits per heavy atom. The smallest absolute Gasteiger partial charge is 0.206 e. The molecular formula is C14H29N5. The number of nitrogens with two attached hydrogens (primary N) is 1. The molecule has 0 aromatic carbocycles. The number of hydrogen-bond acceptors (Lipinski definition) is 3. The summed E-state index contributed by atoms with van der Waals surface area (Å²) < 4.78 is 0. The number of guanidine groups is 1. The zero-order chi connectivity index (χ0) is 13.5. The van der Waals surface area contributed by atoms with Crippen molar-refractivity contribution in [3.8, 4) is 0 Å². The number of nitrogens with zero attached hydrogens (tertiary/aromatic N) is 2. The first-order valence-corrected chi connectivity index (χ1v) is 7.81. The molecule has 0 radical (unpaired) electrons. The lowest BCUT2D eigenvalue weighted by molar-refractivity contribution is 0.311. The number of hydrazine groups is 1. The van der Waals surface area contributed by atoms with Crippen molar-refractivity contribution in [3.05, 3.63) is 0 Å². The Hall–Kier alpha value is -0.810. The van der Waals surface area contributed by atoms with E-state index >= 15 is 0 Å². The van der Waals surface area contributed by atoms with Crippen LogP contribution in [0.3, 0.4) is 0 Å². The van der Waals surface area contributed by atoms with Gasteiger partial charge in [0.05, 0.1) is 6.04 Å². The fourth-order valence-corrected chi connectivity index (χ4v) is 3.14. The second-order valence-corrected chi connectivity index (χ2v) is 5.97. The molecular weight excluding hydrogens is 238 g/mol. The maximum Gasteiger partial charge on any atom is 0.206 e. The van der Waals surface area contributed by atoms with Gasteiger partial charge in [-0.1, -0.05) is 19.3 Å². The Balaban J connectivity index is 1.77. The van der Waals surface area contributed by atoms with E-state index in [1.807, 2.05) is 0 Å². The topological polar surface area (TPSA) is 65.7 Å². The lowest BCUT2D eigenvalue weighted by Gasteiger charge is -2.24. The van der Waals surface area contributed by atoms with E-state index in [2.05, 4.69) is 22.6 Å². The average Bonchev–Trinajstić information content (AvgIpc) is 2.92. The van der Waals surface area contributed by atoms with E-state index < -0.39 is 0 Å². The summed E-state index contributed by atoms with van der Waals surface area (Å²) in [5.74, 6) is 6.35. The van der Waals surface area contributed by atoms with Gasteiger partial charge in [0.2, 0.25) is 5.96 Å². The third-order valence-corrected chi connectivity index (χ3v) is 4.14. The Morgan fingerprint density at radius 1 is 1.21 bits per heavy atom. The van der Waals surface area contributed by atoms with E-state index in [1.165, 1.54) is 58.0 Å². The highest BCUT2D eigenvalue weighted by atomic mass is 15.3. The summed E-state index contributed by atoms with van der Waals surface area (Å²) in [7, 11) is 0. The van der Waals surface area contributed by atoms with E-state index in [0.29, 0.717) is 12.1 Å². The van der Waals surface area contributed by atoms with E-state index in [4.69, 9.17) is 10.8 Å². The zero-order valence-corrected chi connectivity index (χ0v) is 12.2. The van der Waals surface area contributed by atoms with Crippen molar-refractivity contribution in [3.63, 3.8) is 0 Å². The van der Waals surface area contributed by atoms with Gasteiger partial charge in [-0.25, -0.2) is 10.8 Å². The molecule has 1 aliphatic carbocycles. The maximum atomic E-state index is 5.59. The van der Waals surface area contributed by atoms with Crippen LogP contribution in [0.25, 0.3) is 0 Å². The highest BCUT2D eigenvalue weighted by Gasteiger charge is 2.17. The first kappa shape index (κ1) is 14.6. The number of aliphatic imine (C=N–C) groups is 1. The SMILES string of the molecule is CC(CN1CCCC1)NC(=NC1CCCCC1)NN. The van der Waals surface area contributed by atoms with Crippen molar-refractivity contribution >= 4 is 5.96 Å².